The van der Waals surface area contributed by atoms with Gasteiger partial charge in [0.25, 0.3) is 0 Å². The number of hydrogen-bond donors (Lipinski definition) is 2. The van der Waals surface area contributed by atoms with E-state index >= 15 is 0 Å². The molecular weight excluding hydrogens is 414 g/mol. The molecule has 1 aromatic carbocycles. The van der Waals surface area contributed by atoms with Crippen molar-refractivity contribution in [3.63, 3.8) is 0 Å². The molecule has 3 rings (SSSR count). The van der Waals surface area contributed by atoms with E-state index in [1.165, 1.54) is 29.1 Å². The monoisotopic (exact) mass is 426 g/mol. The first kappa shape index (κ1) is 19.4. The molecule has 0 aliphatic rings. The number of carbonyl (C=O) groups is 1. The lowest BCUT2D eigenvalue weighted by Crippen LogP contribution is -2.24. The minimum atomic E-state index is -0.564. The first-order valence-corrected chi connectivity index (χ1v) is 9.23. The Labute approximate surface area is 168 Å². The topological polar surface area (TPSA) is 98.7 Å². The highest BCUT2D eigenvalue weighted by Gasteiger charge is 2.21. The van der Waals surface area contributed by atoms with Crippen LogP contribution in [0, 0.1) is 5.82 Å². The molecule has 27 heavy (non-hydrogen) atoms. The summed E-state index contributed by atoms with van der Waals surface area (Å²) in [5, 5.41) is 11.0. The number of nitrogen functional groups attached to an aromatic ring is 1. The summed E-state index contributed by atoms with van der Waals surface area (Å²) in [5.74, 6) is 5.87. The lowest BCUT2D eigenvalue weighted by molar-refractivity contribution is -0.115. The van der Waals surface area contributed by atoms with Crippen LogP contribution in [0.5, 0.6) is 0 Å². The number of nitrogens with zero attached hydrogens (tertiary/aromatic N) is 4. The normalized spacial score (nSPS) is 12.0. The second-order valence-corrected chi connectivity index (χ2v) is 7.57. The summed E-state index contributed by atoms with van der Waals surface area (Å²) in [4.78, 5) is 16.4. The van der Waals surface area contributed by atoms with Gasteiger partial charge in [-0.05, 0) is 37.3 Å². The van der Waals surface area contributed by atoms with Crippen LogP contribution in [0.3, 0.4) is 0 Å². The van der Waals surface area contributed by atoms with E-state index in [0.29, 0.717) is 21.6 Å². The first-order valence-electron chi connectivity index (χ1n) is 7.60. The number of carbonyl (C=O) groups excluding carboxylic acids is 1. The van der Waals surface area contributed by atoms with Crippen LogP contribution in [-0.2, 0) is 4.79 Å². The molecule has 1 amide bonds. The standard InChI is InChI=1S/C16H13Cl2FN6OS/c1-8(15(26)22-13-12(18)6-10(17)7-21-13)27-16-24-23-14(25(16)20)9-2-4-11(19)5-3-9/h2-8H,20H2,1H3,(H,21,22,26). The number of nitrogens with two attached hydrogens (primary N) is 1. The third-order valence-electron chi connectivity index (χ3n) is 3.47. The fraction of sp³-hybridized carbons (Fsp3) is 0.125. The van der Waals surface area contributed by atoms with Crippen molar-refractivity contribution in [2.24, 2.45) is 0 Å². The molecule has 0 spiro atoms. The van der Waals surface area contributed by atoms with Gasteiger partial charge in [-0.25, -0.2) is 14.1 Å². The van der Waals surface area contributed by atoms with Gasteiger partial charge < -0.3 is 11.2 Å². The molecule has 1 unspecified atom stereocenters. The number of anilines is 1. The Balaban J connectivity index is 1.71. The Morgan fingerprint density at radius 1 is 1.30 bits per heavy atom. The van der Waals surface area contributed by atoms with Gasteiger partial charge >= 0.3 is 0 Å². The van der Waals surface area contributed by atoms with Crippen molar-refractivity contribution >= 4 is 46.7 Å². The zero-order chi connectivity index (χ0) is 19.6. The van der Waals surface area contributed by atoms with Crippen molar-refractivity contribution in [3.8, 4) is 11.4 Å². The van der Waals surface area contributed by atoms with Crippen molar-refractivity contribution in [3.05, 3.63) is 52.4 Å². The molecule has 1 atom stereocenters. The molecule has 2 aromatic heterocycles. The van der Waals surface area contributed by atoms with Crippen molar-refractivity contribution in [1.29, 1.82) is 0 Å². The summed E-state index contributed by atoms with van der Waals surface area (Å²) in [5.41, 5.74) is 0.604. The smallest absolute Gasteiger partial charge is 0.238 e. The Hall–Kier alpha value is -2.36. The average Bonchev–Trinajstić information content (AvgIpc) is 2.98. The quantitative estimate of drug-likeness (QED) is 0.477. The van der Waals surface area contributed by atoms with E-state index in [1.54, 1.807) is 19.1 Å². The van der Waals surface area contributed by atoms with Crippen LogP contribution in [-0.4, -0.2) is 31.0 Å². The molecule has 0 saturated carbocycles. The molecule has 140 valence electrons. The van der Waals surface area contributed by atoms with Gasteiger partial charge in [0.1, 0.15) is 5.82 Å². The lowest BCUT2D eigenvalue weighted by atomic mass is 10.2. The fourth-order valence-corrected chi connectivity index (χ4v) is 3.29. The lowest BCUT2D eigenvalue weighted by Gasteiger charge is -2.12. The third-order valence-corrected chi connectivity index (χ3v) is 5.02. The second-order valence-electron chi connectivity index (χ2n) is 5.42. The first-order chi connectivity index (χ1) is 12.8. The van der Waals surface area contributed by atoms with Crippen molar-refractivity contribution in [2.75, 3.05) is 11.2 Å². The molecule has 0 radical (unpaired) electrons. The van der Waals surface area contributed by atoms with Crippen molar-refractivity contribution < 1.29 is 9.18 Å². The van der Waals surface area contributed by atoms with Crippen LogP contribution in [0.2, 0.25) is 10.0 Å². The number of thioether (sulfide) groups is 1. The zero-order valence-electron chi connectivity index (χ0n) is 13.9. The van der Waals surface area contributed by atoms with Crippen LogP contribution >= 0.6 is 35.0 Å². The summed E-state index contributed by atoms with van der Waals surface area (Å²) in [7, 11) is 0. The molecule has 7 nitrogen and oxygen atoms in total. The minimum absolute atomic E-state index is 0.208. The van der Waals surface area contributed by atoms with Crippen LogP contribution in [0.4, 0.5) is 10.2 Å². The van der Waals surface area contributed by atoms with Gasteiger partial charge in [-0.2, -0.15) is 0 Å². The summed E-state index contributed by atoms with van der Waals surface area (Å²) < 4.78 is 14.3. The van der Waals surface area contributed by atoms with Gasteiger partial charge in [0, 0.05) is 11.8 Å². The second kappa shape index (κ2) is 8.12. The maximum Gasteiger partial charge on any atom is 0.238 e. The molecule has 11 heteroatoms. The highest BCUT2D eigenvalue weighted by Crippen LogP contribution is 2.27. The van der Waals surface area contributed by atoms with E-state index in [2.05, 4.69) is 20.5 Å². The maximum atomic E-state index is 13.1. The van der Waals surface area contributed by atoms with E-state index in [9.17, 15) is 9.18 Å². The maximum absolute atomic E-state index is 13.1. The van der Waals surface area contributed by atoms with Gasteiger partial charge in [-0.1, -0.05) is 35.0 Å². The van der Waals surface area contributed by atoms with Crippen LogP contribution in [0.15, 0.2) is 41.7 Å². The van der Waals surface area contributed by atoms with Crippen molar-refractivity contribution in [2.45, 2.75) is 17.3 Å². The predicted octanol–water partition coefficient (Wildman–Crippen LogP) is 3.62. The molecule has 2 heterocycles. The van der Waals surface area contributed by atoms with Gasteiger partial charge in [0.05, 0.1) is 15.3 Å². The Bertz CT molecular complexity index is 982. The third kappa shape index (κ3) is 4.49. The number of aromatic nitrogens is 4. The number of nitrogens with one attached hydrogen (secondary N) is 1. The Kier molecular flexibility index (Phi) is 5.83. The number of halogens is 3. The van der Waals surface area contributed by atoms with Gasteiger partial charge in [-0.3, -0.25) is 4.79 Å². The van der Waals surface area contributed by atoms with E-state index < -0.39 is 5.25 Å². The Morgan fingerprint density at radius 3 is 2.67 bits per heavy atom. The SMILES string of the molecule is CC(Sc1nnc(-c2ccc(F)cc2)n1N)C(=O)Nc1ncc(Cl)cc1Cl. The molecule has 0 aliphatic heterocycles. The van der Waals surface area contributed by atoms with E-state index in [1.807, 2.05) is 0 Å². The fourth-order valence-electron chi connectivity index (χ4n) is 2.09. The molecule has 0 aliphatic carbocycles. The van der Waals surface area contributed by atoms with Gasteiger partial charge in [0.2, 0.25) is 11.1 Å². The summed E-state index contributed by atoms with van der Waals surface area (Å²) in [6.45, 7) is 1.68. The summed E-state index contributed by atoms with van der Waals surface area (Å²) in [6, 6.07) is 7.17. The summed E-state index contributed by atoms with van der Waals surface area (Å²) >= 11 is 12.9. The molecule has 3 N–H and O–H groups in total. The summed E-state index contributed by atoms with van der Waals surface area (Å²) in [6.07, 6.45) is 1.38. The number of rotatable bonds is 5. The van der Waals surface area contributed by atoms with Crippen LogP contribution < -0.4 is 11.2 Å². The van der Waals surface area contributed by atoms with E-state index in [0.717, 1.165) is 11.8 Å². The van der Waals surface area contributed by atoms with Crippen molar-refractivity contribution in [1.82, 2.24) is 19.9 Å². The van der Waals surface area contributed by atoms with Crippen LogP contribution in [0.1, 0.15) is 6.92 Å². The average molecular weight is 427 g/mol. The van der Waals surface area contributed by atoms with Crippen LogP contribution in [0.25, 0.3) is 11.4 Å². The number of amides is 1. The zero-order valence-corrected chi connectivity index (χ0v) is 16.2. The van der Waals surface area contributed by atoms with Gasteiger partial charge in [0.15, 0.2) is 11.6 Å². The highest BCUT2D eigenvalue weighted by molar-refractivity contribution is 8.00. The molecular formula is C16H13Cl2FN6OS. The minimum Gasteiger partial charge on any atom is -0.335 e. The van der Waals surface area contributed by atoms with E-state index in [-0.39, 0.29) is 22.6 Å². The number of benzene rings is 1. The number of pyridine rings is 1. The predicted molar refractivity (Wildman–Crippen MR) is 104 cm³/mol. The molecule has 0 bridgehead atoms. The molecule has 0 saturated heterocycles. The highest BCUT2D eigenvalue weighted by atomic mass is 35.5. The molecule has 0 fully saturated rings. The Morgan fingerprint density at radius 2 is 2.00 bits per heavy atom. The number of hydrogen-bond acceptors (Lipinski definition) is 6. The largest absolute Gasteiger partial charge is 0.335 e. The van der Waals surface area contributed by atoms with E-state index in [4.69, 9.17) is 29.0 Å². The molecule has 3 aromatic rings. The van der Waals surface area contributed by atoms with Gasteiger partial charge in [-0.15, -0.1) is 10.2 Å².